The minimum absolute atomic E-state index is 0.00467. The van der Waals surface area contributed by atoms with Gasteiger partial charge in [-0.25, -0.2) is 4.39 Å². The van der Waals surface area contributed by atoms with E-state index in [-0.39, 0.29) is 24.0 Å². The van der Waals surface area contributed by atoms with Crippen molar-refractivity contribution in [3.63, 3.8) is 0 Å². The molecule has 1 N–H and O–H groups in total. The zero-order chi connectivity index (χ0) is 23.9. The highest BCUT2D eigenvalue weighted by molar-refractivity contribution is 7.99. The minimum atomic E-state index is -0.462. The summed E-state index contributed by atoms with van der Waals surface area (Å²) in [5.41, 5.74) is 1.27. The van der Waals surface area contributed by atoms with E-state index in [1.165, 1.54) is 24.9 Å². The van der Waals surface area contributed by atoms with Crippen LogP contribution >= 0.6 is 23.4 Å². The molecule has 0 fully saturated rings. The summed E-state index contributed by atoms with van der Waals surface area (Å²) in [6.45, 7) is -0.00467. The fourth-order valence-electron chi connectivity index (χ4n) is 3.12. The van der Waals surface area contributed by atoms with Crippen LogP contribution in [-0.4, -0.2) is 33.5 Å². The first kappa shape index (κ1) is 23.6. The van der Waals surface area contributed by atoms with Crippen LogP contribution in [-0.2, 0) is 11.4 Å². The molecule has 0 aliphatic carbocycles. The van der Waals surface area contributed by atoms with Gasteiger partial charge in [0.15, 0.2) is 22.5 Å². The molecular formula is C24H20ClFN4O3S. The van der Waals surface area contributed by atoms with Crippen LogP contribution in [0.3, 0.4) is 0 Å². The van der Waals surface area contributed by atoms with Gasteiger partial charge >= 0.3 is 0 Å². The lowest BCUT2D eigenvalue weighted by Gasteiger charge is -2.12. The van der Waals surface area contributed by atoms with E-state index >= 15 is 0 Å². The molecular weight excluding hydrogens is 479 g/mol. The third-order valence-electron chi connectivity index (χ3n) is 4.68. The van der Waals surface area contributed by atoms with Gasteiger partial charge in [0.05, 0.1) is 18.6 Å². The van der Waals surface area contributed by atoms with E-state index in [4.69, 9.17) is 21.1 Å². The lowest BCUT2D eigenvalue weighted by molar-refractivity contribution is -0.113. The summed E-state index contributed by atoms with van der Waals surface area (Å²) in [7, 11) is 1.51. The summed E-state index contributed by atoms with van der Waals surface area (Å²) >= 11 is 7.24. The second kappa shape index (κ2) is 11.0. The lowest BCUT2D eigenvalue weighted by atomic mass is 10.3. The number of aromatic nitrogens is 3. The van der Waals surface area contributed by atoms with Crippen molar-refractivity contribution in [2.45, 2.75) is 11.8 Å². The van der Waals surface area contributed by atoms with Crippen LogP contribution in [0.2, 0.25) is 5.02 Å². The zero-order valence-electron chi connectivity index (χ0n) is 18.1. The number of amides is 1. The van der Waals surface area contributed by atoms with Gasteiger partial charge in [0.2, 0.25) is 5.91 Å². The Balaban J connectivity index is 1.51. The first-order valence-corrected chi connectivity index (χ1v) is 11.5. The number of halogens is 2. The number of carbonyl (C=O) groups is 1. The van der Waals surface area contributed by atoms with Gasteiger partial charge in [-0.15, -0.1) is 10.2 Å². The van der Waals surface area contributed by atoms with Crippen molar-refractivity contribution in [2.75, 3.05) is 18.2 Å². The molecule has 174 valence electrons. The monoisotopic (exact) mass is 498 g/mol. The van der Waals surface area contributed by atoms with Crippen LogP contribution < -0.4 is 14.8 Å². The number of methoxy groups -OCH3 is 1. The molecule has 10 heteroatoms. The molecule has 0 atom stereocenters. The highest BCUT2D eigenvalue weighted by atomic mass is 35.5. The first-order chi connectivity index (χ1) is 16.5. The number of para-hydroxylation sites is 2. The summed E-state index contributed by atoms with van der Waals surface area (Å²) < 4.78 is 26.6. The van der Waals surface area contributed by atoms with Crippen molar-refractivity contribution in [3.8, 4) is 17.2 Å². The second-order valence-electron chi connectivity index (χ2n) is 6.97. The molecule has 4 aromatic rings. The van der Waals surface area contributed by atoms with Crippen molar-refractivity contribution < 1.29 is 18.7 Å². The molecule has 1 heterocycles. The maximum Gasteiger partial charge on any atom is 0.234 e. The first-order valence-electron chi connectivity index (χ1n) is 10.2. The molecule has 0 saturated heterocycles. The van der Waals surface area contributed by atoms with Gasteiger partial charge < -0.3 is 14.8 Å². The fraction of sp³-hybridized carbons (Fsp3) is 0.125. The van der Waals surface area contributed by atoms with E-state index in [2.05, 4.69) is 15.5 Å². The number of ether oxygens (including phenoxy) is 2. The molecule has 7 nitrogen and oxygen atoms in total. The molecule has 4 rings (SSSR count). The largest absolute Gasteiger partial charge is 0.495 e. The topological polar surface area (TPSA) is 78.3 Å². The SMILES string of the molecule is COc1ccc(Cl)cc1NC(=O)CSc1nnc(COc2ccccc2F)n1-c1ccccc1. The summed E-state index contributed by atoms with van der Waals surface area (Å²) in [5.74, 6) is 0.425. The smallest absolute Gasteiger partial charge is 0.234 e. The van der Waals surface area contributed by atoms with E-state index in [0.717, 1.165) is 5.69 Å². The number of nitrogens with one attached hydrogen (secondary N) is 1. The van der Waals surface area contributed by atoms with Crippen LogP contribution in [0, 0.1) is 5.82 Å². The molecule has 1 amide bonds. The molecule has 1 aromatic heterocycles. The van der Waals surface area contributed by atoms with Crippen molar-refractivity contribution in [3.05, 3.63) is 89.5 Å². The predicted octanol–water partition coefficient (Wildman–Crippen LogP) is 5.38. The summed E-state index contributed by atoms with van der Waals surface area (Å²) in [6.07, 6.45) is 0. The number of benzene rings is 3. The molecule has 0 unspecified atom stereocenters. The van der Waals surface area contributed by atoms with Crippen molar-refractivity contribution in [1.29, 1.82) is 0 Å². The van der Waals surface area contributed by atoms with Gasteiger partial charge in [0, 0.05) is 10.7 Å². The zero-order valence-corrected chi connectivity index (χ0v) is 19.6. The number of nitrogens with zero attached hydrogens (tertiary/aromatic N) is 3. The van der Waals surface area contributed by atoms with Crippen molar-refractivity contribution in [2.24, 2.45) is 0 Å². The van der Waals surface area contributed by atoms with E-state index < -0.39 is 5.82 Å². The van der Waals surface area contributed by atoms with Crippen LogP contribution in [0.15, 0.2) is 78.0 Å². The molecule has 0 spiro atoms. The standard InChI is InChI=1S/C24H20ClFN4O3S/c1-32-21-12-11-16(25)13-19(21)27-23(31)15-34-24-29-28-22(30(24)17-7-3-2-4-8-17)14-33-20-10-6-5-9-18(20)26/h2-13H,14-15H2,1H3,(H,27,31). The van der Waals surface area contributed by atoms with E-state index in [1.807, 2.05) is 30.3 Å². The third kappa shape index (κ3) is 5.67. The van der Waals surface area contributed by atoms with Crippen LogP contribution in [0.1, 0.15) is 5.82 Å². The van der Waals surface area contributed by atoms with Crippen LogP contribution in [0.4, 0.5) is 10.1 Å². The maximum atomic E-state index is 14.0. The van der Waals surface area contributed by atoms with Crippen molar-refractivity contribution in [1.82, 2.24) is 14.8 Å². The van der Waals surface area contributed by atoms with Gasteiger partial charge in [-0.2, -0.15) is 0 Å². The van der Waals surface area contributed by atoms with E-state index in [1.54, 1.807) is 41.0 Å². The molecule has 34 heavy (non-hydrogen) atoms. The highest BCUT2D eigenvalue weighted by Gasteiger charge is 2.17. The number of anilines is 1. The number of carbonyl (C=O) groups excluding carboxylic acids is 1. The Hall–Kier alpha value is -3.56. The van der Waals surface area contributed by atoms with Crippen molar-refractivity contribution >= 4 is 35.0 Å². The van der Waals surface area contributed by atoms with Gasteiger partial charge in [-0.05, 0) is 42.5 Å². The fourth-order valence-corrected chi connectivity index (χ4v) is 4.06. The Morgan fingerprint density at radius 1 is 1.06 bits per heavy atom. The molecule has 0 bridgehead atoms. The van der Waals surface area contributed by atoms with Crippen LogP contribution in [0.5, 0.6) is 11.5 Å². The molecule has 0 saturated carbocycles. The van der Waals surface area contributed by atoms with E-state index in [0.29, 0.717) is 27.4 Å². The Morgan fingerprint density at radius 3 is 2.59 bits per heavy atom. The molecule has 3 aromatic carbocycles. The predicted molar refractivity (Wildman–Crippen MR) is 129 cm³/mol. The number of hydrogen-bond donors (Lipinski definition) is 1. The molecule has 0 radical (unpaired) electrons. The maximum absolute atomic E-state index is 14.0. The highest BCUT2D eigenvalue weighted by Crippen LogP contribution is 2.29. The molecule has 0 aliphatic rings. The number of hydrogen-bond acceptors (Lipinski definition) is 6. The number of rotatable bonds is 9. The van der Waals surface area contributed by atoms with Crippen LogP contribution in [0.25, 0.3) is 5.69 Å². The quantitative estimate of drug-likeness (QED) is 0.312. The normalized spacial score (nSPS) is 10.7. The Bertz CT molecular complexity index is 1290. The summed E-state index contributed by atoms with van der Waals surface area (Å²) in [4.78, 5) is 12.6. The average Bonchev–Trinajstić information content (AvgIpc) is 3.26. The molecule has 0 aliphatic heterocycles. The summed E-state index contributed by atoms with van der Waals surface area (Å²) in [5, 5.41) is 12.2. The Labute approximate surface area is 204 Å². The van der Waals surface area contributed by atoms with Gasteiger partial charge in [0.1, 0.15) is 12.4 Å². The average molecular weight is 499 g/mol. The Kier molecular flexibility index (Phi) is 7.66. The second-order valence-corrected chi connectivity index (χ2v) is 8.35. The number of thioether (sulfide) groups is 1. The minimum Gasteiger partial charge on any atom is -0.495 e. The van der Waals surface area contributed by atoms with Gasteiger partial charge in [0.25, 0.3) is 0 Å². The van der Waals surface area contributed by atoms with Gasteiger partial charge in [-0.1, -0.05) is 53.7 Å². The van der Waals surface area contributed by atoms with Gasteiger partial charge in [-0.3, -0.25) is 9.36 Å². The lowest BCUT2D eigenvalue weighted by Crippen LogP contribution is -2.15. The van der Waals surface area contributed by atoms with E-state index in [9.17, 15) is 9.18 Å². The Morgan fingerprint density at radius 2 is 1.82 bits per heavy atom. The third-order valence-corrected chi connectivity index (χ3v) is 5.84. The summed E-state index contributed by atoms with van der Waals surface area (Å²) in [6, 6.07) is 20.5.